The summed E-state index contributed by atoms with van der Waals surface area (Å²) in [5.74, 6) is 0.904. The van der Waals surface area contributed by atoms with Crippen molar-refractivity contribution in [3.05, 3.63) is 59.9 Å². The molecule has 21 heavy (non-hydrogen) atoms. The number of hydrogen-bond acceptors (Lipinski definition) is 4. The normalized spacial score (nSPS) is 10.8. The first-order valence-electron chi connectivity index (χ1n) is 7.17. The Hall–Kier alpha value is -1.91. The molecule has 0 fully saturated rings. The molecule has 0 unspecified atom stereocenters. The molecule has 0 spiro atoms. The lowest BCUT2D eigenvalue weighted by Crippen LogP contribution is -2.25. The lowest BCUT2D eigenvalue weighted by atomic mass is 10.1. The topological polar surface area (TPSA) is 45.6 Å². The van der Waals surface area contributed by atoms with Gasteiger partial charge in [0.2, 0.25) is 0 Å². The molecule has 112 valence electrons. The Morgan fingerprint density at radius 3 is 2.57 bits per heavy atom. The number of aliphatic hydroxyl groups is 1. The Balaban J connectivity index is 2.08. The third kappa shape index (κ3) is 4.85. The van der Waals surface area contributed by atoms with Gasteiger partial charge in [-0.15, -0.1) is 0 Å². The van der Waals surface area contributed by atoms with Crippen LogP contribution in [0.25, 0.3) is 0 Å². The lowest BCUT2D eigenvalue weighted by Gasteiger charge is -2.23. The lowest BCUT2D eigenvalue weighted by molar-refractivity contribution is 0.211. The molecule has 0 atom stereocenters. The first kappa shape index (κ1) is 15.5. The van der Waals surface area contributed by atoms with Gasteiger partial charge in [-0.2, -0.15) is 0 Å². The fourth-order valence-electron chi connectivity index (χ4n) is 2.33. The number of benzene rings is 1. The van der Waals surface area contributed by atoms with Crippen LogP contribution in [0.3, 0.4) is 0 Å². The van der Waals surface area contributed by atoms with Crippen LogP contribution >= 0.6 is 0 Å². The van der Waals surface area contributed by atoms with Gasteiger partial charge in [0.25, 0.3) is 0 Å². The Kier molecular flexibility index (Phi) is 6.19. The van der Waals surface area contributed by atoms with E-state index in [4.69, 9.17) is 9.84 Å². The minimum Gasteiger partial charge on any atom is -0.496 e. The van der Waals surface area contributed by atoms with Gasteiger partial charge in [-0.1, -0.05) is 18.2 Å². The van der Waals surface area contributed by atoms with Gasteiger partial charge >= 0.3 is 0 Å². The Morgan fingerprint density at radius 2 is 1.86 bits per heavy atom. The van der Waals surface area contributed by atoms with Gasteiger partial charge in [0.1, 0.15) is 5.75 Å². The van der Waals surface area contributed by atoms with Crippen LogP contribution in [0.4, 0.5) is 0 Å². The minimum absolute atomic E-state index is 0.207. The summed E-state index contributed by atoms with van der Waals surface area (Å²) in [4.78, 5) is 6.36. The average molecular weight is 286 g/mol. The third-order valence-corrected chi connectivity index (χ3v) is 3.37. The molecule has 0 aliphatic rings. The van der Waals surface area contributed by atoms with E-state index in [1.165, 1.54) is 5.56 Å². The maximum Gasteiger partial charge on any atom is 0.123 e. The van der Waals surface area contributed by atoms with Gasteiger partial charge in [-0.3, -0.25) is 9.88 Å². The number of nitrogens with zero attached hydrogens (tertiary/aromatic N) is 2. The summed E-state index contributed by atoms with van der Waals surface area (Å²) in [6.07, 6.45) is 4.38. The number of ether oxygens (including phenoxy) is 1. The van der Waals surface area contributed by atoms with Crippen molar-refractivity contribution in [2.45, 2.75) is 19.5 Å². The van der Waals surface area contributed by atoms with E-state index >= 15 is 0 Å². The molecular formula is C17H22N2O2. The first-order chi connectivity index (χ1) is 10.3. The van der Waals surface area contributed by atoms with Crippen LogP contribution in [0.15, 0.2) is 48.8 Å². The molecule has 0 radical (unpaired) electrons. The highest BCUT2D eigenvalue weighted by Crippen LogP contribution is 2.20. The molecule has 4 nitrogen and oxygen atoms in total. The molecule has 1 aromatic carbocycles. The zero-order valence-electron chi connectivity index (χ0n) is 12.4. The van der Waals surface area contributed by atoms with Crippen molar-refractivity contribution in [1.82, 2.24) is 9.88 Å². The van der Waals surface area contributed by atoms with Crippen LogP contribution in [0.2, 0.25) is 0 Å². The molecule has 0 saturated heterocycles. The van der Waals surface area contributed by atoms with Crippen molar-refractivity contribution in [1.29, 1.82) is 0 Å². The standard InChI is InChI=1S/C17H22N2O2/c1-21-17-6-3-2-5-16(17)14-19(11-4-12-20)13-15-7-9-18-10-8-15/h2-3,5-10,20H,4,11-14H2,1H3. The smallest absolute Gasteiger partial charge is 0.123 e. The van der Waals surface area contributed by atoms with Crippen LogP contribution in [0.5, 0.6) is 5.75 Å². The maximum absolute atomic E-state index is 9.09. The highest BCUT2D eigenvalue weighted by molar-refractivity contribution is 5.33. The van der Waals surface area contributed by atoms with Crippen molar-refractivity contribution in [2.75, 3.05) is 20.3 Å². The minimum atomic E-state index is 0.207. The molecular weight excluding hydrogens is 264 g/mol. The van der Waals surface area contributed by atoms with E-state index in [2.05, 4.69) is 16.0 Å². The predicted molar refractivity (Wildman–Crippen MR) is 83.0 cm³/mol. The van der Waals surface area contributed by atoms with Crippen molar-refractivity contribution in [3.8, 4) is 5.75 Å². The fourth-order valence-corrected chi connectivity index (χ4v) is 2.33. The summed E-state index contributed by atoms with van der Waals surface area (Å²) in [7, 11) is 1.69. The van der Waals surface area contributed by atoms with E-state index in [9.17, 15) is 0 Å². The van der Waals surface area contributed by atoms with Gasteiger partial charge < -0.3 is 9.84 Å². The Morgan fingerprint density at radius 1 is 1.10 bits per heavy atom. The van der Waals surface area contributed by atoms with Crippen LogP contribution in [0.1, 0.15) is 17.5 Å². The number of aromatic nitrogens is 1. The van der Waals surface area contributed by atoms with E-state index in [1.54, 1.807) is 7.11 Å². The fraction of sp³-hybridized carbons (Fsp3) is 0.353. The summed E-state index contributed by atoms with van der Waals surface area (Å²) < 4.78 is 5.41. The van der Waals surface area contributed by atoms with Gasteiger partial charge in [0, 0.05) is 44.2 Å². The number of para-hydroxylation sites is 1. The van der Waals surface area contributed by atoms with E-state index in [1.807, 2.05) is 42.7 Å². The second-order valence-electron chi connectivity index (χ2n) is 4.96. The van der Waals surface area contributed by atoms with Gasteiger partial charge in [-0.25, -0.2) is 0 Å². The summed E-state index contributed by atoms with van der Waals surface area (Å²) in [5, 5.41) is 9.09. The molecule has 2 rings (SSSR count). The summed E-state index contributed by atoms with van der Waals surface area (Å²) >= 11 is 0. The maximum atomic E-state index is 9.09. The number of hydrogen-bond donors (Lipinski definition) is 1. The molecule has 1 heterocycles. The number of aliphatic hydroxyl groups excluding tert-OH is 1. The Labute approximate surface area is 126 Å². The van der Waals surface area contributed by atoms with E-state index < -0.39 is 0 Å². The zero-order chi connectivity index (χ0) is 14.9. The summed E-state index contributed by atoms with van der Waals surface area (Å²) in [6, 6.07) is 12.1. The second kappa shape index (κ2) is 8.39. The van der Waals surface area contributed by atoms with E-state index in [-0.39, 0.29) is 6.61 Å². The number of methoxy groups -OCH3 is 1. The monoisotopic (exact) mass is 286 g/mol. The van der Waals surface area contributed by atoms with Gasteiger partial charge in [-0.05, 0) is 30.2 Å². The zero-order valence-corrected chi connectivity index (χ0v) is 12.4. The molecule has 0 aliphatic heterocycles. The summed E-state index contributed by atoms with van der Waals surface area (Å²) in [5.41, 5.74) is 2.38. The highest BCUT2D eigenvalue weighted by Gasteiger charge is 2.10. The van der Waals surface area contributed by atoms with E-state index in [0.29, 0.717) is 0 Å². The quantitative estimate of drug-likeness (QED) is 0.810. The molecule has 0 bridgehead atoms. The SMILES string of the molecule is COc1ccccc1CN(CCCO)Cc1ccncc1. The second-order valence-corrected chi connectivity index (χ2v) is 4.96. The van der Waals surface area contributed by atoms with Crippen molar-refractivity contribution in [2.24, 2.45) is 0 Å². The van der Waals surface area contributed by atoms with Crippen LogP contribution in [-0.4, -0.2) is 35.3 Å². The molecule has 1 aromatic heterocycles. The largest absolute Gasteiger partial charge is 0.496 e. The summed E-state index contributed by atoms with van der Waals surface area (Å²) in [6.45, 7) is 2.68. The van der Waals surface area contributed by atoms with Gasteiger partial charge in [0.15, 0.2) is 0 Å². The van der Waals surface area contributed by atoms with E-state index in [0.717, 1.165) is 37.4 Å². The molecule has 0 saturated carbocycles. The number of pyridine rings is 1. The number of rotatable bonds is 8. The first-order valence-corrected chi connectivity index (χ1v) is 7.17. The molecule has 0 aliphatic carbocycles. The van der Waals surface area contributed by atoms with Crippen molar-refractivity contribution >= 4 is 0 Å². The predicted octanol–water partition coefficient (Wildman–Crippen LogP) is 2.47. The molecule has 1 N–H and O–H groups in total. The highest BCUT2D eigenvalue weighted by atomic mass is 16.5. The molecule has 4 heteroatoms. The molecule has 0 amide bonds. The average Bonchev–Trinajstić information content (AvgIpc) is 2.54. The van der Waals surface area contributed by atoms with Crippen LogP contribution < -0.4 is 4.74 Å². The van der Waals surface area contributed by atoms with Crippen LogP contribution in [0, 0.1) is 0 Å². The molecule has 2 aromatic rings. The van der Waals surface area contributed by atoms with Crippen molar-refractivity contribution in [3.63, 3.8) is 0 Å². The Bertz CT molecular complexity index is 531. The van der Waals surface area contributed by atoms with Crippen LogP contribution in [-0.2, 0) is 13.1 Å². The van der Waals surface area contributed by atoms with Gasteiger partial charge in [0.05, 0.1) is 7.11 Å². The third-order valence-electron chi connectivity index (χ3n) is 3.37. The van der Waals surface area contributed by atoms with Crippen molar-refractivity contribution < 1.29 is 9.84 Å².